The zero-order valence-corrected chi connectivity index (χ0v) is 15.6. The van der Waals surface area contributed by atoms with Crippen LogP contribution in [0.15, 0.2) is 29.5 Å². The number of carbonyl (C=O) groups is 1. The van der Waals surface area contributed by atoms with Gasteiger partial charge in [0.05, 0.1) is 21.7 Å². The largest absolute Gasteiger partial charge is 0.351 e. The van der Waals surface area contributed by atoms with E-state index in [1.165, 1.54) is 0 Å². The van der Waals surface area contributed by atoms with Gasteiger partial charge in [0.1, 0.15) is 0 Å². The zero-order chi connectivity index (χ0) is 17.1. The molecule has 1 heterocycles. The van der Waals surface area contributed by atoms with Gasteiger partial charge in [-0.05, 0) is 44.6 Å². The summed E-state index contributed by atoms with van der Waals surface area (Å²) in [5.41, 5.74) is 2.07. The van der Waals surface area contributed by atoms with Crippen LogP contribution in [0.3, 0.4) is 0 Å². The summed E-state index contributed by atoms with van der Waals surface area (Å²) < 4.78 is 0. The van der Waals surface area contributed by atoms with Gasteiger partial charge in [-0.3, -0.25) is 4.79 Å². The summed E-state index contributed by atoms with van der Waals surface area (Å²) in [5, 5.41) is 7.49. The van der Waals surface area contributed by atoms with Crippen molar-refractivity contribution in [2.75, 3.05) is 13.1 Å². The molecule has 0 bridgehead atoms. The Labute approximate surface area is 151 Å². The summed E-state index contributed by atoms with van der Waals surface area (Å²) in [7, 11) is 0. The molecule has 0 fully saturated rings. The van der Waals surface area contributed by atoms with Crippen LogP contribution in [-0.4, -0.2) is 29.0 Å². The fourth-order valence-corrected chi connectivity index (χ4v) is 3.32. The van der Waals surface area contributed by atoms with Gasteiger partial charge in [-0.1, -0.05) is 35.3 Å². The van der Waals surface area contributed by atoms with Crippen LogP contribution >= 0.6 is 35.4 Å². The van der Waals surface area contributed by atoms with E-state index >= 15 is 0 Å². The quantitative estimate of drug-likeness (QED) is 0.792. The Kier molecular flexibility index (Phi) is 5.89. The van der Waals surface area contributed by atoms with Crippen molar-refractivity contribution in [3.05, 3.63) is 45.1 Å². The number of hydrogen-bond donors (Lipinski definition) is 2. The molecule has 23 heavy (non-hydrogen) atoms. The molecule has 1 aromatic rings. The normalized spacial score (nSPS) is 17.6. The third-order valence-electron chi connectivity index (χ3n) is 3.84. The number of nitrogens with one attached hydrogen (secondary N) is 2. The second-order valence-electron chi connectivity index (χ2n) is 5.19. The smallest absolute Gasteiger partial charge is 0.253 e. The van der Waals surface area contributed by atoms with Gasteiger partial charge in [0, 0.05) is 18.8 Å². The average Bonchev–Trinajstić information content (AvgIpc) is 2.50. The molecule has 0 aromatic heterocycles. The number of thiocarbonyl (C=S) groups is 1. The summed E-state index contributed by atoms with van der Waals surface area (Å²) in [6.45, 7) is 7.01. The lowest BCUT2D eigenvalue weighted by Gasteiger charge is -2.33. The first kappa shape index (κ1) is 18.0. The van der Waals surface area contributed by atoms with E-state index in [2.05, 4.69) is 10.6 Å². The Morgan fingerprint density at radius 1 is 1.30 bits per heavy atom. The maximum Gasteiger partial charge on any atom is 0.253 e. The summed E-state index contributed by atoms with van der Waals surface area (Å²) in [6.07, 6.45) is 0. The molecular weight excluding hydrogens is 353 g/mol. The van der Waals surface area contributed by atoms with Gasteiger partial charge in [0.2, 0.25) is 0 Å². The van der Waals surface area contributed by atoms with Crippen LogP contribution in [0.4, 0.5) is 0 Å². The van der Waals surface area contributed by atoms with Gasteiger partial charge in [-0.25, -0.2) is 0 Å². The van der Waals surface area contributed by atoms with Crippen molar-refractivity contribution in [1.82, 2.24) is 15.5 Å². The van der Waals surface area contributed by atoms with E-state index in [1.54, 1.807) is 11.0 Å². The van der Waals surface area contributed by atoms with Gasteiger partial charge in [-0.2, -0.15) is 0 Å². The molecule has 0 unspecified atom stereocenters. The minimum absolute atomic E-state index is 0.0453. The average molecular weight is 372 g/mol. The first-order valence-corrected chi connectivity index (χ1v) is 8.58. The Hall–Kier alpha value is -1.30. The maximum absolute atomic E-state index is 12.9. The molecule has 0 spiro atoms. The summed E-state index contributed by atoms with van der Waals surface area (Å²) >= 11 is 17.7. The zero-order valence-electron chi connectivity index (χ0n) is 13.2. The van der Waals surface area contributed by atoms with Crippen molar-refractivity contribution < 1.29 is 4.79 Å². The lowest BCUT2D eigenvalue weighted by molar-refractivity contribution is -0.127. The third-order valence-corrected chi connectivity index (χ3v) is 4.90. The van der Waals surface area contributed by atoms with Crippen LogP contribution in [0, 0.1) is 0 Å². The van der Waals surface area contributed by atoms with E-state index < -0.39 is 6.04 Å². The SMILES string of the molecule is CCN(CC)C(=O)C1=C(C)NC(=S)N[C@@H]1c1cccc(Cl)c1Cl. The number of allylic oxidation sites excluding steroid dienone is 1. The minimum atomic E-state index is -0.428. The second-order valence-corrected chi connectivity index (χ2v) is 6.38. The molecular formula is C16H19Cl2N3OS. The summed E-state index contributed by atoms with van der Waals surface area (Å²) in [6, 6.07) is 4.95. The highest BCUT2D eigenvalue weighted by Gasteiger charge is 2.33. The van der Waals surface area contributed by atoms with Crippen molar-refractivity contribution in [2.45, 2.75) is 26.8 Å². The van der Waals surface area contributed by atoms with Crippen LogP contribution in [0.5, 0.6) is 0 Å². The highest BCUT2D eigenvalue weighted by Crippen LogP contribution is 2.35. The second kappa shape index (κ2) is 7.51. The van der Waals surface area contributed by atoms with Crippen molar-refractivity contribution in [3.8, 4) is 0 Å². The van der Waals surface area contributed by atoms with Crippen LogP contribution in [-0.2, 0) is 4.79 Å². The molecule has 1 aliphatic heterocycles. The molecule has 1 aliphatic rings. The van der Waals surface area contributed by atoms with E-state index in [4.69, 9.17) is 35.4 Å². The lowest BCUT2D eigenvalue weighted by Crippen LogP contribution is -2.47. The fourth-order valence-electron chi connectivity index (χ4n) is 2.64. The van der Waals surface area contributed by atoms with E-state index in [1.807, 2.05) is 32.9 Å². The maximum atomic E-state index is 12.9. The van der Waals surface area contributed by atoms with Crippen LogP contribution in [0.2, 0.25) is 10.0 Å². The molecule has 0 aliphatic carbocycles. The predicted octanol–water partition coefficient (Wildman–Crippen LogP) is 3.65. The lowest BCUT2D eigenvalue weighted by atomic mass is 9.94. The first-order valence-electron chi connectivity index (χ1n) is 7.42. The number of amides is 1. The Morgan fingerprint density at radius 3 is 2.57 bits per heavy atom. The monoisotopic (exact) mass is 371 g/mol. The molecule has 7 heteroatoms. The topological polar surface area (TPSA) is 44.4 Å². The summed E-state index contributed by atoms with van der Waals surface area (Å²) in [4.78, 5) is 14.7. The van der Waals surface area contributed by atoms with E-state index in [0.717, 1.165) is 11.3 Å². The molecule has 2 N–H and O–H groups in total. The third kappa shape index (κ3) is 3.62. The molecule has 1 aromatic carbocycles. The highest BCUT2D eigenvalue weighted by atomic mass is 35.5. The summed E-state index contributed by atoms with van der Waals surface area (Å²) in [5.74, 6) is -0.0453. The number of likely N-dealkylation sites (N-methyl/N-ethyl adjacent to an activating group) is 1. The van der Waals surface area contributed by atoms with Crippen molar-refractivity contribution in [2.24, 2.45) is 0 Å². The van der Waals surface area contributed by atoms with Crippen LogP contribution in [0.25, 0.3) is 0 Å². The minimum Gasteiger partial charge on any atom is -0.351 e. The van der Waals surface area contributed by atoms with Gasteiger partial charge in [0.15, 0.2) is 5.11 Å². The predicted molar refractivity (Wildman–Crippen MR) is 98.7 cm³/mol. The number of rotatable bonds is 4. The van der Waals surface area contributed by atoms with Gasteiger partial charge < -0.3 is 15.5 Å². The fraction of sp³-hybridized carbons (Fsp3) is 0.375. The molecule has 0 saturated heterocycles. The molecule has 1 amide bonds. The van der Waals surface area contributed by atoms with Gasteiger partial charge in [0.25, 0.3) is 5.91 Å². The number of hydrogen-bond acceptors (Lipinski definition) is 2. The Morgan fingerprint density at radius 2 is 1.96 bits per heavy atom. The Balaban J connectivity index is 2.55. The van der Waals surface area contributed by atoms with Crippen LogP contribution in [0.1, 0.15) is 32.4 Å². The van der Waals surface area contributed by atoms with Crippen molar-refractivity contribution in [3.63, 3.8) is 0 Å². The molecule has 4 nitrogen and oxygen atoms in total. The number of halogens is 2. The van der Waals surface area contributed by atoms with Crippen LogP contribution < -0.4 is 10.6 Å². The number of nitrogens with zero attached hydrogens (tertiary/aromatic N) is 1. The van der Waals surface area contributed by atoms with Crippen molar-refractivity contribution in [1.29, 1.82) is 0 Å². The standard InChI is InChI=1S/C16H19Cl2N3OS/c1-4-21(5-2)15(22)12-9(3)19-16(23)20-14(12)10-7-6-8-11(17)13(10)18/h6-8,14H,4-5H2,1-3H3,(H2,19,20,23)/t14-/m1/s1. The number of carbonyl (C=O) groups excluding carboxylic acids is 1. The highest BCUT2D eigenvalue weighted by molar-refractivity contribution is 7.80. The molecule has 1 atom stereocenters. The number of benzene rings is 1. The molecule has 0 saturated carbocycles. The van der Waals surface area contributed by atoms with E-state index in [-0.39, 0.29) is 5.91 Å². The molecule has 124 valence electrons. The van der Waals surface area contributed by atoms with Crippen molar-refractivity contribution >= 4 is 46.4 Å². The van der Waals surface area contributed by atoms with E-state index in [9.17, 15) is 4.79 Å². The Bertz CT molecular complexity index is 671. The van der Waals surface area contributed by atoms with Gasteiger partial charge in [-0.15, -0.1) is 0 Å². The van der Waals surface area contributed by atoms with E-state index in [0.29, 0.717) is 33.8 Å². The molecule has 0 radical (unpaired) electrons. The first-order chi connectivity index (χ1) is 10.9. The van der Waals surface area contributed by atoms with Gasteiger partial charge >= 0.3 is 0 Å². The molecule has 2 rings (SSSR count).